The first-order chi connectivity index (χ1) is 9.31. The summed E-state index contributed by atoms with van der Waals surface area (Å²) >= 11 is 1.77. The van der Waals surface area contributed by atoms with Gasteiger partial charge in [-0.1, -0.05) is 43.1 Å². The van der Waals surface area contributed by atoms with Crippen molar-refractivity contribution in [1.29, 1.82) is 0 Å². The number of benzene rings is 1. The number of thiazole rings is 1. The summed E-state index contributed by atoms with van der Waals surface area (Å²) in [6.45, 7) is 3.20. The molecule has 0 bridgehead atoms. The molecule has 1 heterocycles. The van der Waals surface area contributed by atoms with Crippen LogP contribution in [0.4, 0.5) is 5.13 Å². The van der Waals surface area contributed by atoms with E-state index in [4.69, 9.17) is 0 Å². The first-order valence-electron chi connectivity index (χ1n) is 7.42. The second-order valence-corrected chi connectivity index (χ2v) is 6.74. The van der Waals surface area contributed by atoms with Crippen LogP contribution in [0.5, 0.6) is 0 Å². The van der Waals surface area contributed by atoms with Crippen molar-refractivity contribution in [1.82, 2.24) is 4.98 Å². The van der Waals surface area contributed by atoms with Gasteiger partial charge >= 0.3 is 0 Å². The Morgan fingerprint density at radius 3 is 3.00 bits per heavy atom. The minimum atomic E-state index is 1.000. The third kappa shape index (κ3) is 3.27. The van der Waals surface area contributed by atoms with Gasteiger partial charge in [0.05, 0.1) is 10.2 Å². The normalized spacial score (nSPS) is 16.3. The maximum Gasteiger partial charge on any atom is 0.183 e. The van der Waals surface area contributed by atoms with Crippen LogP contribution in [0, 0.1) is 12.8 Å². The van der Waals surface area contributed by atoms with E-state index in [9.17, 15) is 0 Å². The van der Waals surface area contributed by atoms with E-state index in [1.165, 1.54) is 48.8 Å². The second kappa shape index (κ2) is 5.91. The average molecular weight is 274 g/mol. The molecule has 0 unspecified atom stereocenters. The molecule has 102 valence electrons. The molecule has 3 heteroatoms. The van der Waals surface area contributed by atoms with Crippen LogP contribution < -0.4 is 5.32 Å². The molecule has 0 saturated heterocycles. The van der Waals surface area contributed by atoms with Gasteiger partial charge in [0.15, 0.2) is 5.13 Å². The van der Waals surface area contributed by atoms with Crippen molar-refractivity contribution in [2.24, 2.45) is 5.92 Å². The Hall–Kier alpha value is -1.09. The van der Waals surface area contributed by atoms with Crippen molar-refractivity contribution in [3.63, 3.8) is 0 Å². The molecule has 2 nitrogen and oxygen atoms in total. The van der Waals surface area contributed by atoms with Crippen LogP contribution in [0.3, 0.4) is 0 Å². The van der Waals surface area contributed by atoms with E-state index >= 15 is 0 Å². The molecule has 2 aromatic rings. The molecule has 0 amide bonds. The van der Waals surface area contributed by atoms with Gasteiger partial charge in [-0.25, -0.2) is 4.98 Å². The molecule has 1 aromatic heterocycles. The van der Waals surface area contributed by atoms with Crippen LogP contribution in [-0.4, -0.2) is 11.5 Å². The molecule has 1 fully saturated rings. The lowest BCUT2D eigenvalue weighted by atomic mass is 10.0. The van der Waals surface area contributed by atoms with E-state index in [-0.39, 0.29) is 0 Å². The molecule has 0 atom stereocenters. The van der Waals surface area contributed by atoms with Gasteiger partial charge in [-0.2, -0.15) is 0 Å². The largest absolute Gasteiger partial charge is 0.361 e. The molecule has 19 heavy (non-hydrogen) atoms. The summed E-state index contributed by atoms with van der Waals surface area (Å²) in [5, 5.41) is 4.56. The van der Waals surface area contributed by atoms with E-state index in [0.717, 1.165) is 23.1 Å². The zero-order valence-corrected chi connectivity index (χ0v) is 12.4. The van der Waals surface area contributed by atoms with Crippen molar-refractivity contribution in [2.45, 2.75) is 45.4 Å². The smallest absolute Gasteiger partial charge is 0.183 e. The number of aromatic nitrogens is 1. The van der Waals surface area contributed by atoms with Gasteiger partial charge in [0.2, 0.25) is 0 Å². The Labute approximate surface area is 119 Å². The number of aryl methyl sites for hydroxylation is 1. The van der Waals surface area contributed by atoms with Crippen LogP contribution in [-0.2, 0) is 0 Å². The molecule has 1 aromatic carbocycles. The molecule has 1 aliphatic carbocycles. The summed E-state index contributed by atoms with van der Waals surface area (Å²) in [6.07, 6.45) is 8.49. The SMILES string of the molecule is Cc1ccc2nc(NCCCC3CCCC3)sc2c1. The van der Waals surface area contributed by atoms with Crippen molar-refractivity contribution >= 4 is 26.7 Å². The Kier molecular flexibility index (Phi) is 4.02. The van der Waals surface area contributed by atoms with E-state index in [0.29, 0.717) is 0 Å². The maximum atomic E-state index is 4.63. The minimum Gasteiger partial charge on any atom is -0.361 e. The van der Waals surface area contributed by atoms with E-state index in [1.54, 1.807) is 11.3 Å². The number of fused-ring (bicyclic) bond motifs is 1. The zero-order chi connectivity index (χ0) is 13.1. The molecule has 1 aliphatic rings. The standard InChI is InChI=1S/C16H22N2S/c1-12-8-9-14-15(11-12)19-16(18-14)17-10-4-7-13-5-2-3-6-13/h8-9,11,13H,2-7,10H2,1H3,(H,17,18). The fraction of sp³-hybridized carbons (Fsp3) is 0.562. The number of nitrogens with zero attached hydrogens (tertiary/aromatic N) is 1. The van der Waals surface area contributed by atoms with Crippen molar-refractivity contribution in [3.8, 4) is 0 Å². The fourth-order valence-corrected chi connectivity index (χ4v) is 3.98. The lowest BCUT2D eigenvalue weighted by Gasteiger charge is -2.08. The summed E-state index contributed by atoms with van der Waals surface area (Å²) in [5.41, 5.74) is 2.43. The predicted octanol–water partition coefficient (Wildman–Crippen LogP) is 4.99. The summed E-state index contributed by atoms with van der Waals surface area (Å²) in [4.78, 5) is 4.63. The van der Waals surface area contributed by atoms with Gasteiger partial charge in [-0.15, -0.1) is 0 Å². The van der Waals surface area contributed by atoms with Crippen LogP contribution in [0.25, 0.3) is 10.2 Å². The Balaban J connectivity index is 1.50. The highest BCUT2D eigenvalue weighted by molar-refractivity contribution is 7.22. The minimum absolute atomic E-state index is 1.000. The Morgan fingerprint density at radius 2 is 2.16 bits per heavy atom. The van der Waals surface area contributed by atoms with Gasteiger partial charge in [-0.3, -0.25) is 0 Å². The second-order valence-electron chi connectivity index (χ2n) is 5.71. The van der Waals surface area contributed by atoms with Gasteiger partial charge < -0.3 is 5.32 Å². The average Bonchev–Trinajstić information content (AvgIpc) is 3.02. The van der Waals surface area contributed by atoms with Gasteiger partial charge in [0.25, 0.3) is 0 Å². The molecule has 0 aliphatic heterocycles. The number of nitrogens with one attached hydrogen (secondary N) is 1. The Bertz CT molecular complexity index is 541. The zero-order valence-electron chi connectivity index (χ0n) is 11.6. The summed E-state index contributed by atoms with van der Waals surface area (Å²) in [6, 6.07) is 6.47. The third-order valence-electron chi connectivity index (χ3n) is 4.08. The fourth-order valence-electron chi connectivity index (χ4n) is 2.99. The van der Waals surface area contributed by atoms with E-state index < -0.39 is 0 Å². The van der Waals surface area contributed by atoms with E-state index in [2.05, 4.69) is 35.4 Å². The topological polar surface area (TPSA) is 24.9 Å². The Morgan fingerprint density at radius 1 is 1.32 bits per heavy atom. The van der Waals surface area contributed by atoms with Crippen LogP contribution in [0.1, 0.15) is 44.1 Å². The lowest BCUT2D eigenvalue weighted by molar-refractivity contribution is 0.491. The molecular formula is C16H22N2S. The van der Waals surface area contributed by atoms with Gasteiger partial charge in [0.1, 0.15) is 0 Å². The number of hydrogen-bond acceptors (Lipinski definition) is 3. The molecule has 0 spiro atoms. The lowest BCUT2D eigenvalue weighted by Crippen LogP contribution is -2.03. The summed E-state index contributed by atoms with van der Waals surface area (Å²) in [5.74, 6) is 1.000. The van der Waals surface area contributed by atoms with Crippen LogP contribution in [0.15, 0.2) is 18.2 Å². The summed E-state index contributed by atoms with van der Waals surface area (Å²) in [7, 11) is 0. The molecular weight excluding hydrogens is 252 g/mol. The van der Waals surface area contributed by atoms with Crippen LogP contribution >= 0.6 is 11.3 Å². The molecule has 1 saturated carbocycles. The molecule has 1 N–H and O–H groups in total. The van der Waals surface area contributed by atoms with Crippen molar-refractivity contribution in [3.05, 3.63) is 23.8 Å². The third-order valence-corrected chi connectivity index (χ3v) is 5.06. The summed E-state index contributed by atoms with van der Waals surface area (Å²) < 4.78 is 1.29. The van der Waals surface area contributed by atoms with Gasteiger partial charge in [0, 0.05) is 6.54 Å². The predicted molar refractivity (Wildman–Crippen MR) is 84.0 cm³/mol. The van der Waals surface area contributed by atoms with Crippen LogP contribution in [0.2, 0.25) is 0 Å². The quantitative estimate of drug-likeness (QED) is 0.777. The first-order valence-corrected chi connectivity index (χ1v) is 8.24. The maximum absolute atomic E-state index is 4.63. The number of hydrogen-bond donors (Lipinski definition) is 1. The highest BCUT2D eigenvalue weighted by atomic mass is 32.1. The molecule has 3 rings (SSSR count). The first kappa shape index (κ1) is 12.9. The van der Waals surface area contributed by atoms with Gasteiger partial charge in [-0.05, 0) is 43.4 Å². The highest BCUT2D eigenvalue weighted by Gasteiger charge is 2.14. The van der Waals surface area contributed by atoms with E-state index in [1.807, 2.05) is 0 Å². The van der Waals surface area contributed by atoms with Crippen molar-refractivity contribution in [2.75, 3.05) is 11.9 Å². The number of anilines is 1. The van der Waals surface area contributed by atoms with Crippen molar-refractivity contribution < 1.29 is 0 Å². The number of rotatable bonds is 5. The highest BCUT2D eigenvalue weighted by Crippen LogP contribution is 2.29. The molecule has 0 radical (unpaired) electrons. The monoisotopic (exact) mass is 274 g/mol.